The molecule has 68 valence electrons. The van der Waals surface area contributed by atoms with E-state index in [1.807, 2.05) is 19.0 Å². The molecule has 4 heteroatoms. The van der Waals surface area contributed by atoms with Gasteiger partial charge in [-0.3, -0.25) is 0 Å². The number of nitrogens with one attached hydrogen (secondary N) is 1. The molecule has 0 saturated heterocycles. The molecular formula is C8H14N2O2. The van der Waals surface area contributed by atoms with Gasteiger partial charge in [-0.1, -0.05) is 0 Å². The van der Waals surface area contributed by atoms with Crippen molar-refractivity contribution in [1.82, 2.24) is 10.2 Å². The Morgan fingerprint density at radius 2 is 2.25 bits per heavy atom. The van der Waals surface area contributed by atoms with Crippen molar-refractivity contribution in [2.75, 3.05) is 34.3 Å². The van der Waals surface area contributed by atoms with Gasteiger partial charge in [0.2, 0.25) is 0 Å². The molecule has 0 aromatic carbocycles. The minimum atomic E-state index is -0.201. The molecule has 0 aromatic rings. The van der Waals surface area contributed by atoms with Crippen molar-refractivity contribution < 1.29 is 9.53 Å². The summed E-state index contributed by atoms with van der Waals surface area (Å²) in [6, 6.07) is 0. The first kappa shape index (κ1) is 9.06. The molecule has 0 unspecified atom stereocenters. The first-order valence-corrected chi connectivity index (χ1v) is 3.86. The Hall–Kier alpha value is -1.03. The minimum Gasteiger partial charge on any atom is -0.456 e. The van der Waals surface area contributed by atoms with Gasteiger partial charge in [0.1, 0.15) is 6.61 Å². The summed E-state index contributed by atoms with van der Waals surface area (Å²) in [5.74, 6) is -0.201. The lowest BCUT2D eigenvalue weighted by atomic mass is 10.2. The lowest BCUT2D eigenvalue weighted by Crippen LogP contribution is -2.20. The van der Waals surface area contributed by atoms with Gasteiger partial charge in [-0.2, -0.15) is 0 Å². The normalized spacial score (nSPS) is 17.2. The van der Waals surface area contributed by atoms with Crippen molar-refractivity contribution in [3.63, 3.8) is 0 Å². The third-order valence-electron chi connectivity index (χ3n) is 1.73. The van der Waals surface area contributed by atoms with E-state index in [1.54, 1.807) is 7.05 Å². The van der Waals surface area contributed by atoms with Crippen molar-refractivity contribution in [2.45, 2.75) is 0 Å². The predicted octanol–water partition coefficient (Wildman–Crippen LogP) is -0.422. The first-order chi connectivity index (χ1) is 5.65. The highest BCUT2D eigenvalue weighted by molar-refractivity contribution is 5.92. The van der Waals surface area contributed by atoms with Crippen LogP contribution in [0.3, 0.4) is 0 Å². The highest BCUT2D eigenvalue weighted by Crippen LogP contribution is 2.13. The van der Waals surface area contributed by atoms with E-state index < -0.39 is 0 Å². The second kappa shape index (κ2) is 3.58. The Bertz CT molecular complexity index is 221. The number of carbonyl (C=O) groups is 1. The third-order valence-corrected chi connectivity index (χ3v) is 1.73. The van der Waals surface area contributed by atoms with Crippen LogP contribution in [0.4, 0.5) is 0 Å². The molecule has 0 bridgehead atoms. The second-order valence-electron chi connectivity index (χ2n) is 3.02. The van der Waals surface area contributed by atoms with E-state index in [2.05, 4.69) is 5.32 Å². The highest BCUT2D eigenvalue weighted by Gasteiger charge is 2.23. The third kappa shape index (κ3) is 1.76. The molecule has 4 nitrogen and oxygen atoms in total. The molecule has 1 aliphatic rings. The van der Waals surface area contributed by atoms with E-state index in [9.17, 15) is 4.79 Å². The van der Waals surface area contributed by atoms with Crippen LogP contribution in [-0.2, 0) is 9.53 Å². The number of nitrogens with zero attached hydrogens (tertiary/aromatic N) is 1. The number of ether oxygens (including phenoxy) is 1. The number of rotatable bonds is 3. The SMILES string of the molecule is CNC1=C(CN(C)C)C(=O)OC1. The average molecular weight is 170 g/mol. The van der Waals surface area contributed by atoms with Gasteiger partial charge >= 0.3 is 5.97 Å². The van der Waals surface area contributed by atoms with Gasteiger partial charge in [0.25, 0.3) is 0 Å². The molecule has 0 spiro atoms. The highest BCUT2D eigenvalue weighted by atomic mass is 16.5. The van der Waals surface area contributed by atoms with Crippen molar-refractivity contribution in [3.8, 4) is 0 Å². The van der Waals surface area contributed by atoms with E-state index in [1.165, 1.54) is 0 Å². The van der Waals surface area contributed by atoms with E-state index in [-0.39, 0.29) is 5.97 Å². The molecule has 1 rings (SSSR count). The van der Waals surface area contributed by atoms with Gasteiger partial charge in [0, 0.05) is 13.6 Å². The van der Waals surface area contributed by atoms with E-state index >= 15 is 0 Å². The van der Waals surface area contributed by atoms with Gasteiger partial charge in [-0.25, -0.2) is 4.79 Å². The first-order valence-electron chi connectivity index (χ1n) is 3.86. The molecule has 0 amide bonds. The fourth-order valence-electron chi connectivity index (χ4n) is 1.13. The van der Waals surface area contributed by atoms with Crippen LogP contribution in [-0.4, -0.2) is 45.2 Å². The Kier molecular flexibility index (Phi) is 2.70. The van der Waals surface area contributed by atoms with Crippen molar-refractivity contribution in [3.05, 3.63) is 11.3 Å². The summed E-state index contributed by atoms with van der Waals surface area (Å²) in [5.41, 5.74) is 1.64. The van der Waals surface area contributed by atoms with Crippen LogP contribution in [0.15, 0.2) is 11.3 Å². The van der Waals surface area contributed by atoms with Crippen molar-refractivity contribution in [2.24, 2.45) is 0 Å². The molecule has 0 aliphatic carbocycles. The van der Waals surface area contributed by atoms with Crippen LogP contribution in [0, 0.1) is 0 Å². The summed E-state index contributed by atoms with van der Waals surface area (Å²) < 4.78 is 4.87. The minimum absolute atomic E-state index is 0.201. The molecule has 0 fully saturated rings. The van der Waals surface area contributed by atoms with E-state index in [4.69, 9.17) is 4.74 Å². The maximum Gasteiger partial charge on any atom is 0.337 e. The second-order valence-corrected chi connectivity index (χ2v) is 3.02. The molecule has 0 aromatic heterocycles. The van der Waals surface area contributed by atoms with Crippen LogP contribution in [0.5, 0.6) is 0 Å². The monoisotopic (exact) mass is 170 g/mol. The summed E-state index contributed by atoms with van der Waals surface area (Å²) in [6.07, 6.45) is 0. The molecule has 0 radical (unpaired) electrons. The van der Waals surface area contributed by atoms with Crippen LogP contribution in [0.25, 0.3) is 0 Å². The Balaban J connectivity index is 2.73. The average Bonchev–Trinajstić information content (AvgIpc) is 2.32. The van der Waals surface area contributed by atoms with Gasteiger partial charge in [0.15, 0.2) is 0 Å². The Labute approximate surface area is 72.2 Å². The smallest absolute Gasteiger partial charge is 0.337 e. The molecule has 0 atom stereocenters. The summed E-state index contributed by atoms with van der Waals surface area (Å²) in [4.78, 5) is 13.1. The fourth-order valence-corrected chi connectivity index (χ4v) is 1.13. The quantitative estimate of drug-likeness (QED) is 0.584. The van der Waals surface area contributed by atoms with Gasteiger partial charge in [-0.05, 0) is 14.1 Å². The zero-order valence-corrected chi connectivity index (χ0v) is 7.68. The summed E-state index contributed by atoms with van der Waals surface area (Å²) in [7, 11) is 5.64. The number of carbonyl (C=O) groups excluding carboxylic acids is 1. The van der Waals surface area contributed by atoms with E-state index in [0.29, 0.717) is 13.2 Å². The maximum absolute atomic E-state index is 11.1. The number of esters is 1. The molecular weight excluding hydrogens is 156 g/mol. The molecule has 0 saturated carbocycles. The Morgan fingerprint density at radius 1 is 1.58 bits per heavy atom. The lowest BCUT2D eigenvalue weighted by Gasteiger charge is -2.09. The molecule has 12 heavy (non-hydrogen) atoms. The van der Waals surface area contributed by atoms with Crippen LogP contribution in [0.2, 0.25) is 0 Å². The van der Waals surface area contributed by atoms with Crippen LogP contribution < -0.4 is 5.32 Å². The predicted molar refractivity (Wildman–Crippen MR) is 45.6 cm³/mol. The summed E-state index contributed by atoms with van der Waals surface area (Å²) in [5, 5.41) is 2.96. The van der Waals surface area contributed by atoms with Crippen molar-refractivity contribution >= 4 is 5.97 Å². The van der Waals surface area contributed by atoms with Crippen LogP contribution in [0.1, 0.15) is 0 Å². The molecule has 1 aliphatic heterocycles. The number of likely N-dealkylation sites (N-methyl/N-ethyl adjacent to an activating group) is 2. The largest absolute Gasteiger partial charge is 0.456 e. The summed E-state index contributed by atoms with van der Waals surface area (Å²) in [6.45, 7) is 1.02. The summed E-state index contributed by atoms with van der Waals surface area (Å²) >= 11 is 0. The van der Waals surface area contributed by atoms with Crippen molar-refractivity contribution in [1.29, 1.82) is 0 Å². The zero-order valence-electron chi connectivity index (χ0n) is 7.68. The molecule has 1 N–H and O–H groups in total. The maximum atomic E-state index is 11.1. The number of hydrogen-bond acceptors (Lipinski definition) is 4. The number of cyclic esters (lactones) is 1. The zero-order chi connectivity index (χ0) is 9.14. The molecule has 1 heterocycles. The van der Waals surface area contributed by atoms with E-state index in [0.717, 1.165) is 11.3 Å². The number of hydrogen-bond donors (Lipinski definition) is 1. The van der Waals surface area contributed by atoms with Gasteiger partial charge in [0.05, 0.1) is 11.3 Å². The van der Waals surface area contributed by atoms with Gasteiger partial charge in [-0.15, -0.1) is 0 Å². The standard InChI is InChI=1S/C8H14N2O2/c1-9-7-5-12-8(11)6(7)4-10(2)3/h9H,4-5H2,1-3H3. The van der Waals surface area contributed by atoms with Crippen LogP contribution >= 0.6 is 0 Å². The fraction of sp³-hybridized carbons (Fsp3) is 0.625. The Morgan fingerprint density at radius 3 is 2.75 bits per heavy atom. The topological polar surface area (TPSA) is 41.6 Å². The lowest BCUT2D eigenvalue weighted by molar-refractivity contribution is -0.136. The van der Waals surface area contributed by atoms with Gasteiger partial charge < -0.3 is 15.0 Å².